The number of hydrogen-bond acceptors (Lipinski definition) is 3. The first-order valence-electron chi connectivity index (χ1n) is 8.68. The van der Waals surface area contributed by atoms with E-state index in [9.17, 15) is 19.8 Å². The van der Waals surface area contributed by atoms with Crippen LogP contribution in [-0.4, -0.2) is 22.0 Å². The fraction of sp³-hybridized carbons (Fsp3) is 0.130. The Bertz CT molecular complexity index is 907. The summed E-state index contributed by atoms with van der Waals surface area (Å²) in [4.78, 5) is 25.0. The number of carbonyl (C=O) groups excluding carboxylic acids is 1. The normalized spacial score (nSPS) is 14.1. The number of carboxylic acid groups (broad SMARTS) is 1. The van der Waals surface area contributed by atoms with Gasteiger partial charge in [0.25, 0.3) is 0 Å². The summed E-state index contributed by atoms with van der Waals surface area (Å²) in [5.74, 6) is -2.55. The second-order valence-corrected chi connectivity index (χ2v) is 6.39. The van der Waals surface area contributed by atoms with Crippen LogP contribution in [-0.2, 0) is 10.4 Å². The Kier molecular flexibility index (Phi) is 5.48. The van der Waals surface area contributed by atoms with Gasteiger partial charge in [-0.15, -0.1) is 0 Å². The molecule has 0 fully saturated rings. The van der Waals surface area contributed by atoms with E-state index in [4.69, 9.17) is 0 Å². The minimum atomic E-state index is -2.23. The smallest absolute Gasteiger partial charge is 0.341 e. The molecular formula is C23H20O4. The second-order valence-electron chi connectivity index (χ2n) is 6.39. The van der Waals surface area contributed by atoms with Crippen molar-refractivity contribution in [1.29, 1.82) is 0 Å². The standard InChI is InChI=1S/C23H20O4/c24-21(18-12-6-2-7-13-18)16-20(17-10-4-1-5-11-17)23(27,22(25)26)19-14-8-3-9-15-19/h1-15,20,27H,16H2,(H,25,26)/t20-,23+/m0/s1. The van der Waals surface area contributed by atoms with Crippen molar-refractivity contribution < 1.29 is 19.8 Å². The molecule has 0 aliphatic carbocycles. The average molecular weight is 360 g/mol. The molecule has 0 radical (unpaired) electrons. The summed E-state index contributed by atoms with van der Waals surface area (Å²) in [5, 5.41) is 21.3. The summed E-state index contributed by atoms with van der Waals surface area (Å²) >= 11 is 0. The van der Waals surface area contributed by atoms with Crippen LogP contribution in [0.4, 0.5) is 0 Å². The molecule has 3 aromatic carbocycles. The summed E-state index contributed by atoms with van der Waals surface area (Å²) in [5.41, 5.74) is -0.908. The number of aliphatic hydroxyl groups is 1. The van der Waals surface area contributed by atoms with Crippen LogP contribution in [0.15, 0.2) is 91.0 Å². The lowest BCUT2D eigenvalue weighted by Crippen LogP contribution is -2.42. The lowest BCUT2D eigenvalue weighted by molar-refractivity contribution is -0.162. The molecule has 0 spiro atoms. The Morgan fingerprint density at radius 2 is 1.26 bits per heavy atom. The molecular weight excluding hydrogens is 340 g/mol. The molecule has 0 aliphatic heterocycles. The molecule has 27 heavy (non-hydrogen) atoms. The quantitative estimate of drug-likeness (QED) is 0.624. The van der Waals surface area contributed by atoms with Gasteiger partial charge in [-0.25, -0.2) is 4.79 Å². The van der Waals surface area contributed by atoms with E-state index >= 15 is 0 Å². The van der Waals surface area contributed by atoms with E-state index in [2.05, 4.69) is 0 Å². The first kappa shape index (κ1) is 18.5. The van der Waals surface area contributed by atoms with Crippen molar-refractivity contribution in [3.8, 4) is 0 Å². The molecule has 4 nitrogen and oxygen atoms in total. The molecule has 136 valence electrons. The van der Waals surface area contributed by atoms with Crippen molar-refractivity contribution in [1.82, 2.24) is 0 Å². The van der Waals surface area contributed by atoms with Crippen LogP contribution in [0.25, 0.3) is 0 Å². The van der Waals surface area contributed by atoms with E-state index in [0.717, 1.165) is 0 Å². The number of rotatable bonds is 7. The fourth-order valence-corrected chi connectivity index (χ4v) is 3.29. The highest BCUT2D eigenvalue weighted by molar-refractivity contribution is 5.97. The highest BCUT2D eigenvalue weighted by Crippen LogP contribution is 2.40. The molecule has 0 saturated heterocycles. The van der Waals surface area contributed by atoms with Crippen molar-refractivity contribution in [2.24, 2.45) is 0 Å². The molecule has 2 N–H and O–H groups in total. The Morgan fingerprint density at radius 3 is 1.78 bits per heavy atom. The SMILES string of the molecule is O=C(C[C@@H](c1ccccc1)[C@@](O)(C(=O)O)c1ccccc1)c1ccccc1. The van der Waals surface area contributed by atoms with E-state index in [1.807, 2.05) is 12.1 Å². The maximum atomic E-state index is 12.8. The predicted molar refractivity (Wildman–Crippen MR) is 103 cm³/mol. The number of benzene rings is 3. The number of carboxylic acids is 1. The minimum Gasteiger partial charge on any atom is -0.479 e. The Morgan fingerprint density at radius 1 is 0.778 bits per heavy atom. The zero-order chi connectivity index (χ0) is 19.3. The Hall–Kier alpha value is -3.24. The topological polar surface area (TPSA) is 74.6 Å². The maximum absolute atomic E-state index is 12.8. The number of ketones is 1. The molecule has 3 aromatic rings. The van der Waals surface area contributed by atoms with Gasteiger partial charge in [0.15, 0.2) is 11.4 Å². The van der Waals surface area contributed by atoms with Gasteiger partial charge < -0.3 is 10.2 Å². The van der Waals surface area contributed by atoms with Crippen LogP contribution in [0.2, 0.25) is 0 Å². The van der Waals surface area contributed by atoms with Gasteiger partial charge in [-0.2, -0.15) is 0 Å². The van der Waals surface area contributed by atoms with Crippen LogP contribution < -0.4 is 0 Å². The molecule has 0 heterocycles. The van der Waals surface area contributed by atoms with Crippen molar-refractivity contribution in [3.05, 3.63) is 108 Å². The van der Waals surface area contributed by atoms with Crippen LogP contribution in [0.5, 0.6) is 0 Å². The molecule has 0 aliphatic rings. The van der Waals surface area contributed by atoms with Crippen LogP contribution in [0.1, 0.15) is 33.8 Å². The molecule has 3 rings (SSSR count). The van der Waals surface area contributed by atoms with Crippen LogP contribution in [0.3, 0.4) is 0 Å². The van der Waals surface area contributed by atoms with E-state index in [1.54, 1.807) is 78.9 Å². The third kappa shape index (κ3) is 3.81. The van der Waals surface area contributed by atoms with E-state index in [1.165, 1.54) is 0 Å². The Labute approximate surface area is 157 Å². The average Bonchev–Trinajstić information content (AvgIpc) is 2.73. The second kappa shape index (κ2) is 7.98. The van der Waals surface area contributed by atoms with Crippen molar-refractivity contribution in [3.63, 3.8) is 0 Å². The summed E-state index contributed by atoms with van der Waals surface area (Å²) in [6.45, 7) is 0. The van der Waals surface area contributed by atoms with E-state index < -0.39 is 17.5 Å². The summed E-state index contributed by atoms with van der Waals surface area (Å²) in [6, 6.07) is 25.7. The molecule has 0 aromatic heterocycles. The van der Waals surface area contributed by atoms with Gasteiger partial charge in [-0.3, -0.25) is 4.79 Å². The summed E-state index contributed by atoms with van der Waals surface area (Å²) < 4.78 is 0. The number of aliphatic carboxylic acids is 1. The molecule has 0 unspecified atom stereocenters. The third-order valence-corrected chi connectivity index (χ3v) is 4.73. The third-order valence-electron chi connectivity index (χ3n) is 4.73. The molecule has 2 atom stereocenters. The molecule has 0 bridgehead atoms. The monoisotopic (exact) mass is 360 g/mol. The first-order chi connectivity index (χ1) is 13.0. The molecule has 4 heteroatoms. The largest absolute Gasteiger partial charge is 0.479 e. The van der Waals surface area contributed by atoms with Gasteiger partial charge in [0.1, 0.15) is 0 Å². The zero-order valence-electron chi connectivity index (χ0n) is 14.7. The van der Waals surface area contributed by atoms with Crippen LogP contribution in [0, 0.1) is 0 Å². The van der Waals surface area contributed by atoms with Gasteiger partial charge in [0.2, 0.25) is 0 Å². The van der Waals surface area contributed by atoms with E-state index in [0.29, 0.717) is 11.1 Å². The van der Waals surface area contributed by atoms with Gasteiger partial charge in [-0.05, 0) is 11.1 Å². The minimum absolute atomic E-state index is 0.133. The van der Waals surface area contributed by atoms with Crippen LogP contribution >= 0.6 is 0 Å². The van der Waals surface area contributed by atoms with Gasteiger partial charge in [0, 0.05) is 17.9 Å². The van der Waals surface area contributed by atoms with E-state index in [-0.39, 0.29) is 17.8 Å². The first-order valence-corrected chi connectivity index (χ1v) is 8.68. The van der Waals surface area contributed by atoms with Crippen molar-refractivity contribution >= 4 is 11.8 Å². The number of Topliss-reactive ketones (excluding diaryl/α,β-unsaturated/α-hetero) is 1. The highest BCUT2D eigenvalue weighted by Gasteiger charge is 2.47. The van der Waals surface area contributed by atoms with Crippen molar-refractivity contribution in [2.75, 3.05) is 0 Å². The zero-order valence-corrected chi connectivity index (χ0v) is 14.7. The highest BCUT2D eigenvalue weighted by atomic mass is 16.4. The lowest BCUT2D eigenvalue weighted by atomic mass is 9.74. The lowest BCUT2D eigenvalue weighted by Gasteiger charge is -2.33. The summed E-state index contributed by atoms with van der Waals surface area (Å²) in [6.07, 6.45) is -0.133. The molecule has 0 saturated carbocycles. The fourth-order valence-electron chi connectivity index (χ4n) is 3.29. The maximum Gasteiger partial charge on any atom is 0.341 e. The number of hydrogen-bond donors (Lipinski definition) is 2. The van der Waals surface area contributed by atoms with Gasteiger partial charge in [-0.1, -0.05) is 91.0 Å². The number of carbonyl (C=O) groups is 2. The van der Waals surface area contributed by atoms with Crippen molar-refractivity contribution in [2.45, 2.75) is 17.9 Å². The Balaban J connectivity index is 2.09. The van der Waals surface area contributed by atoms with Gasteiger partial charge in [0.05, 0.1) is 0 Å². The summed E-state index contributed by atoms with van der Waals surface area (Å²) in [7, 11) is 0. The van der Waals surface area contributed by atoms with Gasteiger partial charge >= 0.3 is 5.97 Å². The molecule has 0 amide bonds. The predicted octanol–water partition coefficient (Wildman–Crippen LogP) is 4.02.